The van der Waals surface area contributed by atoms with E-state index in [1.54, 1.807) is 29.1 Å². The van der Waals surface area contributed by atoms with Gasteiger partial charge < -0.3 is 10.1 Å². The van der Waals surface area contributed by atoms with E-state index in [9.17, 15) is 22.9 Å². The Morgan fingerprint density at radius 3 is 2.36 bits per heavy atom. The third-order valence-electron chi connectivity index (χ3n) is 3.66. The number of rotatable bonds is 11. The Labute approximate surface area is 213 Å². The van der Waals surface area contributed by atoms with Crippen LogP contribution in [-0.4, -0.2) is 50.2 Å². The highest BCUT2D eigenvalue weighted by molar-refractivity contribution is 7.89. The van der Waals surface area contributed by atoms with E-state index in [0.717, 1.165) is 0 Å². The van der Waals surface area contributed by atoms with Crippen LogP contribution < -0.4 is 9.88 Å². The molecular formula is C23H39N3O9S+2. The van der Waals surface area contributed by atoms with Crippen molar-refractivity contribution in [1.82, 2.24) is 5.32 Å². The van der Waals surface area contributed by atoms with E-state index in [2.05, 4.69) is 21.6 Å². The number of pyridine rings is 1. The lowest BCUT2D eigenvalue weighted by Gasteiger charge is -2.15. The normalized spacial score (nSPS) is 10.9. The van der Waals surface area contributed by atoms with Crippen LogP contribution in [0.15, 0.2) is 48.2 Å². The van der Waals surface area contributed by atoms with Crippen LogP contribution in [0.3, 0.4) is 0 Å². The maximum Gasteiger partial charge on any atom is 0.477 e. The minimum atomic E-state index is -3.98. The molecule has 0 aliphatic heterocycles. The van der Waals surface area contributed by atoms with Gasteiger partial charge >= 0.3 is 11.1 Å². The third kappa shape index (κ3) is 18.1. The molecule has 1 rings (SSSR count). The number of aromatic nitrogens is 1. The van der Waals surface area contributed by atoms with Gasteiger partial charge in [-0.2, -0.15) is 22.7 Å². The van der Waals surface area contributed by atoms with Crippen molar-refractivity contribution < 1.29 is 46.6 Å². The zero-order chi connectivity index (χ0) is 28.4. The first-order chi connectivity index (χ1) is 16.7. The SMILES string of the molecule is C=C/C=C(\C)S(=O)(=O)O.CC.CO[N+](=O)OCCNC(=O)c1ccc[n+](COC(=O)CC(C)(C)C)c1. The summed E-state index contributed by atoms with van der Waals surface area (Å²) in [4.78, 5) is 43.2. The van der Waals surface area contributed by atoms with Crippen LogP contribution in [0.1, 0.15) is 58.3 Å². The molecule has 1 amide bonds. The number of carbonyl (C=O) groups is 2. The molecule has 36 heavy (non-hydrogen) atoms. The number of nitrogens with zero attached hydrogens (tertiary/aromatic N) is 2. The fourth-order valence-corrected chi connectivity index (χ4v) is 2.33. The van der Waals surface area contributed by atoms with Crippen LogP contribution in [0, 0.1) is 10.3 Å². The summed E-state index contributed by atoms with van der Waals surface area (Å²) in [6, 6.07) is 3.30. The highest BCUT2D eigenvalue weighted by atomic mass is 32.2. The molecule has 0 bridgehead atoms. The first kappa shape index (κ1) is 34.8. The number of ether oxygens (including phenoxy) is 1. The molecule has 0 aliphatic carbocycles. The number of hydrogen-bond donors (Lipinski definition) is 2. The lowest BCUT2D eigenvalue weighted by atomic mass is 9.93. The highest BCUT2D eigenvalue weighted by Crippen LogP contribution is 2.18. The molecule has 13 heteroatoms. The van der Waals surface area contributed by atoms with Gasteiger partial charge in [0.1, 0.15) is 10.5 Å². The lowest BCUT2D eigenvalue weighted by molar-refractivity contribution is -0.976. The molecule has 1 aromatic heterocycles. The van der Waals surface area contributed by atoms with Gasteiger partial charge in [0.2, 0.25) is 0 Å². The van der Waals surface area contributed by atoms with E-state index < -0.39 is 10.1 Å². The van der Waals surface area contributed by atoms with Crippen molar-refractivity contribution >= 4 is 22.0 Å². The Morgan fingerprint density at radius 2 is 1.89 bits per heavy atom. The van der Waals surface area contributed by atoms with E-state index in [1.165, 1.54) is 26.2 Å². The Hall–Kier alpha value is -3.32. The number of nitrogens with one attached hydrogen (secondary N) is 1. The number of hydrogen-bond acceptors (Lipinski definition) is 8. The van der Waals surface area contributed by atoms with Crippen LogP contribution in [0.2, 0.25) is 0 Å². The molecule has 12 nitrogen and oxygen atoms in total. The van der Waals surface area contributed by atoms with Gasteiger partial charge in [-0.15, -0.1) is 0 Å². The van der Waals surface area contributed by atoms with Crippen molar-refractivity contribution in [2.75, 3.05) is 20.3 Å². The predicted octanol–water partition coefficient (Wildman–Crippen LogP) is 2.90. The topological polar surface area (TPSA) is 152 Å². The summed E-state index contributed by atoms with van der Waals surface area (Å²) >= 11 is 0. The standard InChI is InChI=1S/C16H24N3O6.C5H8O3S.C2H6/c1-16(2,3)10-14(20)24-12-18-8-5-6-13(11-18)15(21)17-7-9-25-19(22)23-4;1-3-4-5(2)9(6,7)8;1-2/h5-6,8,11H,7,9-10,12H2,1-4H3;3-4H,1H2,2H3,(H,6,7,8);1-2H3/q+1;;/p+1/b;5-4+;. The summed E-state index contributed by atoms with van der Waals surface area (Å²) in [7, 11) is -2.81. The van der Waals surface area contributed by atoms with E-state index >= 15 is 0 Å². The monoisotopic (exact) mass is 533 g/mol. The minimum absolute atomic E-state index is 0.0259. The first-order valence-electron chi connectivity index (χ1n) is 11.0. The fraction of sp³-hybridized carbons (Fsp3) is 0.522. The second-order valence-corrected chi connectivity index (χ2v) is 9.57. The largest absolute Gasteiger partial charge is 0.477 e. The summed E-state index contributed by atoms with van der Waals surface area (Å²) in [5.74, 6) is -0.638. The average Bonchev–Trinajstić information content (AvgIpc) is 2.80. The third-order valence-corrected chi connectivity index (χ3v) is 4.61. The molecule has 2 N–H and O–H groups in total. The Kier molecular flexibility index (Phi) is 17.4. The second-order valence-electron chi connectivity index (χ2n) is 7.97. The smallest absolute Gasteiger partial charge is 0.405 e. The summed E-state index contributed by atoms with van der Waals surface area (Å²) in [5.41, 5.74) is 0.244. The minimum Gasteiger partial charge on any atom is -0.405 e. The second kappa shape index (κ2) is 18.0. The first-order valence-corrected chi connectivity index (χ1v) is 12.5. The number of carbonyl (C=O) groups excluding carboxylic acids is 2. The van der Waals surface area contributed by atoms with Crippen LogP contribution in [0.4, 0.5) is 0 Å². The van der Waals surface area contributed by atoms with Crippen LogP contribution >= 0.6 is 0 Å². The van der Waals surface area contributed by atoms with Crippen LogP contribution in [0.25, 0.3) is 0 Å². The quantitative estimate of drug-likeness (QED) is 0.109. The maximum atomic E-state index is 12.0. The van der Waals surface area contributed by atoms with Gasteiger partial charge in [-0.1, -0.05) is 47.3 Å². The summed E-state index contributed by atoms with van der Waals surface area (Å²) in [6.45, 7) is 14.5. The van der Waals surface area contributed by atoms with E-state index in [4.69, 9.17) is 9.29 Å². The van der Waals surface area contributed by atoms with E-state index in [-0.39, 0.29) is 47.2 Å². The van der Waals surface area contributed by atoms with Gasteiger partial charge in [-0.25, -0.2) is 0 Å². The molecule has 0 atom stereocenters. The highest BCUT2D eigenvalue weighted by Gasteiger charge is 2.18. The lowest BCUT2D eigenvalue weighted by Crippen LogP contribution is -2.38. The predicted molar refractivity (Wildman–Crippen MR) is 133 cm³/mol. The van der Waals surface area contributed by atoms with E-state index in [0.29, 0.717) is 12.0 Å². The number of esters is 1. The molecule has 0 saturated carbocycles. The molecule has 0 unspecified atom stereocenters. The molecule has 0 radical (unpaired) electrons. The number of amides is 1. The average molecular weight is 534 g/mol. The number of allylic oxidation sites excluding steroid dienone is 3. The molecule has 204 valence electrons. The van der Waals surface area contributed by atoms with Crippen molar-refractivity contribution in [3.05, 3.63) is 58.6 Å². The van der Waals surface area contributed by atoms with Gasteiger partial charge in [0.05, 0.1) is 17.9 Å². The van der Waals surface area contributed by atoms with Crippen molar-refractivity contribution in [2.24, 2.45) is 5.41 Å². The Morgan fingerprint density at radius 1 is 1.28 bits per heavy atom. The van der Waals surface area contributed by atoms with Crippen molar-refractivity contribution in [1.29, 1.82) is 0 Å². The molecule has 0 spiro atoms. The molecule has 1 aromatic rings. The van der Waals surface area contributed by atoms with Crippen molar-refractivity contribution in [2.45, 2.75) is 54.7 Å². The Bertz CT molecular complexity index is 985. The van der Waals surface area contributed by atoms with Gasteiger partial charge in [0.15, 0.2) is 26.1 Å². The zero-order valence-corrected chi connectivity index (χ0v) is 22.8. The van der Waals surface area contributed by atoms with Crippen LogP contribution in [0.5, 0.6) is 0 Å². The van der Waals surface area contributed by atoms with Gasteiger partial charge in [-0.05, 0) is 24.5 Å². The van der Waals surface area contributed by atoms with Crippen molar-refractivity contribution in [3.63, 3.8) is 0 Å². The zero-order valence-electron chi connectivity index (χ0n) is 22.0. The van der Waals surface area contributed by atoms with Gasteiger partial charge in [0, 0.05) is 6.07 Å². The summed E-state index contributed by atoms with van der Waals surface area (Å²) in [6.07, 6.45) is 6.08. The molecule has 1 heterocycles. The fourth-order valence-electron chi connectivity index (χ4n) is 2.06. The van der Waals surface area contributed by atoms with Gasteiger partial charge in [-0.3, -0.25) is 14.1 Å². The van der Waals surface area contributed by atoms with Crippen LogP contribution in [-0.2, 0) is 36.1 Å². The molecule has 0 aromatic carbocycles. The van der Waals surface area contributed by atoms with E-state index in [1.807, 2.05) is 34.6 Å². The van der Waals surface area contributed by atoms with Gasteiger partial charge in [0.25, 0.3) is 22.8 Å². The summed E-state index contributed by atoms with van der Waals surface area (Å²) < 4.78 is 35.4. The molecule has 0 aliphatic rings. The molecular weight excluding hydrogens is 494 g/mol. The molecule has 0 saturated heterocycles. The van der Waals surface area contributed by atoms with Crippen molar-refractivity contribution in [3.8, 4) is 0 Å². The maximum absolute atomic E-state index is 12.0. The Balaban J connectivity index is 0. The summed E-state index contributed by atoms with van der Waals surface area (Å²) in [5, 5.41) is 2.55. The molecule has 0 fully saturated rings.